The molecule has 0 radical (unpaired) electrons. The number of hydrogen-bond acceptors (Lipinski definition) is 2. The summed E-state index contributed by atoms with van der Waals surface area (Å²) in [4.78, 5) is 16.8. The molecule has 0 aliphatic rings. The third-order valence-electron chi connectivity index (χ3n) is 3.12. The van der Waals surface area contributed by atoms with E-state index in [1.54, 1.807) is 30.6 Å². The van der Waals surface area contributed by atoms with Crippen molar-refractivity contribution in [3.05, 3.63) is 75.5 Å². The molecule has 0 atom stereocenters. The highest BCUT2D eigenvalue weighted by Crippen LogP contribution is 2.29. The first-order valence-corrected chi connectivity index (χ1v) is 7.17. The molecule has 98 valence electrons. The summed E-state index contributed by atoms with van der Waals surface area (Å²) in [5.41, 5.74) is 1.09. The van der Waals surface area contributed by atoms with E-state index in [1.165, 1.54) is 0 Å². The predicted octanol–water partition coefficient (Wildman–Crippen LogP) is 4.88. The minimum atomic E-state index is -0.102. The second-order valence-electron chi connectivity index (χ2n) is 4.33. The number of carbonyl (C=O) groups is 1. The van der Waals surface area contributed by atoms with E-state index in [1.807, 2.05) is 24.3 Å². The Labute approximate surface area is 129 Å². The molecular weight excluding hydrogens is 338 g/mol. The van der Waals surface area contributed by atoms with Gasteiger partial charge in [-0.25, -0.2) is 0 Å². The molecule has 4 heteroatoms. The van der Waals surface area contributed by atoms with Crippen molar-refractivity contribution in [2.24, 2.45) is 0 Å². The van der Waals surface area contributed by atoms with Crippen LogP contribution in [0.25, 0.3) is 10.8 Å². The molecule has 2 nitrogen and oxygen atoms in total. The van der Waals surface area contributed by atoms with Crippen LogP contribution in [0.15, 0.2) is 59.3 Å². The first-order valence-electron chi connectivity index (χ1n) is 6.00. The molecule has 1 heterocycles. The average molecular weight is 347 g/mol. The molecule has 0 unspecified atom stereocenters. The van der Waals surface area contributed by atoms with Gasteiger partial charge >= 0.3 is 0 Å². The average Bonchev–Trinajstić information content (AvgIpc) is 2.49. The third kappa shape index (κ3) is 2.23. The van der Waals surface area contributed by atoms with Gasteiger partial charge < -0.3 is 0 Å². The Hall–Kier alpha value is -1.71. The number of pyridine rings is 1. The van der Waals surface area contributed by atoms with Gasteiger partial charge in [-0.05, 0) is 39.5 Å². The zero-order valence-electron chi connectivity index (χ0n) is 10.3. The summed E-state index contributed by atoms with van der Waals surface area (Å²) in [6, 6.07) is 12.8. The maximum absolute atomic E-state index is 12.7. The van der Waals surface area contributed by atoms with E-state index in [9.17, 15) is 4.79 Å². The number of rotatable bonds is 2. The smallest absolute Gasteiger partial charge is 0.195 e. The van der Waals surface area contributed by atoms with Crippen LogP contribution in [0.2, 0.25) is 5.02 Å². The van der Waals surface area contributed by atoms with Crippen molar-refractivity contribution in [2.75, 3.05) is 0 Å². The van der Waals surface area contributed by atoms with Crippen LogP contribution in [-0.4, -0.2) is 10.8 Å². The first kappa shape index (κ1) is 13.3. The molecular formula is C16H9BrClNO. The van der Waals surface area contributed by atoms with Crippen LogP contribution in [0.1, 0.15) is 15.9 Å². The van der Waals surface area contributed by atoms with Gasteiger partial charge in [0.05, 0.1) is 5.02 Å². The maximum Gasteiger partial charge on any atom is 0.195 e. The second-order valence-corrected chi connectivity index (χ2v) is 5.57. The van der Waals surface area contributed by atoms with E-state index in [0.717, 1.165) is 10.8 Å². The Balaban J connectivity index is 2.21. The lowest BCUT2D eigenvalue weighted by atomic mass is 9.98. The third-order valence-corrected chi connectivity index (χ3v) is 4.42. The Kier molecular flexibility index (Phi) is 3.55. The lowest BCUT2D eigenvalue weighted by Gasteiger charge is -2.07. The van der Waals surface area contributed by atoms with Crippen molar-refractivity contribution in [2.45, 2.75) is 0 Å². The second kappa shape index (κ2) is 5.35. The van der Waals surface area contributed by atoms with Crippen molar-refractivity contribution >= 4 is 44.1 Å². The maximum atomic E-state index is 12.7. The number of carbonyl (C=O) groups excluding carboxylic acids is 1. The largest absolute Gasteiger partial charge is 0.289 e. The minimum absolute atomic E-state index is 0.102. The molecule has 20 heavy (non-hydrogen) atoms. The van der Waals surface area contributed by atoms with Gasteiger partial charge in [0.25, 0.3) is 0 Å². The topological polar surface area (TPSA) is 30.0 Å². The fraction of sp³-hybridized carbons (Fsp3) is 0. The van der Waals surface area contributed by atoms with Gasteiger partial charge in [-0.15, -0.1) is 0 Å². The van der Waals surface area contributed by atoms with Crippen LogP contribution in [0, 0.1) is 0 Å². The normalized spacial score (nSPS) is 10.7. The lowest BCUT2D eigenvalue weighted by Crippen LogP contribution is -2.03. The number of halogens is 2. The van der Waals surface area contributed by atoms with Gasteiger partial charge in [-0.1, -0.05) is 35.9 Å². The van der Waals surface area contributed by atoms with Crippen LogP contribution in [0.4, 0.5) is 0 Å². The predicted molar refractivity (Wildman–Crippen MR) is 84.3 cm³/mol. The Morgan fingerprint density at radius 2 is 1.80 bits per heavy atom. The zero-order chi connectivity index (χ0) is 14.1. The highest BCUT2D eigenvalue weighted by molar-refractivity contribution is 9.10. The highest BCUT2D eigenvalue weighted by atomic mass is 79.9. The van der Waals surface area contributed by atoms with Crippen molar-refractivity contribution in [3.8, 4) is 0 Å². The van der Waals surface area contributed by atoms with Crippen molar-refractivity contribution in [3.63, 3.8) is 0 Å². The van der Waals surface area contributed by atoms with Crippen LogP contribution in [0.5, 0.6) is 0 Å². The van der Waals surface area contributed by atoms with Crippen molar-refractivity contribution < 1.29 is 4.79 Å². The summed E-state index contributed by atoms with van der Waals surface area (Å²) >= 11 is 9.55. The van der Waals surface area contributed by atoms with Crippen LogP contribution in [0.3, 0.4) is 0 Å². The lowest BCUT2D eigenvalue weighted by molar-refractivity contribution is 0.104. The van der Waals surface area contributed by atoms with E-state index in [0.29, 0.717) is 20.6 Å². The molecule has 0 N–H and O–H groups in total. The molecule has 2 aromatic carbocycles. The first-order chi connectivity index (χ1) is 9.68. The minimum Gasteiger partial charge on any atom is -0.289 e. The van der Waals surface area contributed by atoms with Gasteiger partial charge in [0.15, 0.2) is 5.78 Å². The number of ketones is 1. The van der Waals surface area contributed by atoms with Crippen LogP contribution in [-0.2, 0) is 0 Å². The van der Waals surface area contributed by atoms with Crippen molar-refractivity contribution in [1.29, 1.82) is 0 Å². The van der Waals surface area contributed by atoms with Crippen LogP contribution >= 0.6 is 27.5 Å². The summed E-state index contributed by atoms with van der Waals surface area (Å²) in [6.45, 7) is 0. The molecule has 3 rings (SSSR count). The summed E-state index contributed by atoms with van der Waals surface area (Å²) in [5.74, 6) is -0.102. The standard InChI is InChI=1S/C16H9BrClNO/c17-14-6-2-5-12(15(14)18)16(20)11-4-1-3-10-7-8-19-9-13(10)11/h1-9H. The number of aromatic nitrogens is 1. The molecule has 0 saturated carbocycles. The zero-order valence-corrected chi connectivity index (χ0v) is 12.6. The van der Waals surface area contributed by atoms with E-state index >= 15 is 0 Å². The fourth-order valence-electron chi connectivity index (χ4n) is 2.14. The Morgan fingerprint density at radius 1 is 1.05 bits per heavy atom. The molecule has 0 spiro atoms. The van der Waals surface area contributed by atoms with Gasteiger partial charge in [0.2, 0.25) is 0 Å². The van der Waals surface area contributed by atoms with Gasteiger partial charge in [-0.2, -0.15) is 0 Å². The van der Waals surface area contributed by atoms with E-state index in [2.05, 4.69) is 20.9 Å². The van der Waals surface area contributed by atoms with E-state index in [-0.39, 0.29) is 5.78 Å². The monoisotopic (exact) mass is 345 g/mol. The highest BCUT2D eigenvalue weighted by Gasteiger charge is 2.16. The van der Waals surface area contributed by atoms with Gasteiger partial charge in [0.1, 0.15) is 0 Å². The molecule has 0 saturated heterocycles. The van der Waals surface area contributed by atoms with Gasteiger partial charge in [-0.3, -0.25) is 9.78 Å². The number of benzene rings is 2. The summed E-state index contributed by atoms with van der Waals surface area (Å²) < 4.78 is 0.711. The van der Waals surface area contributed by atoms with E-state index in [4.69, 9.17) is 11.6 Å². The molecule has 0 aliphatic heterocycles. The molecule has 0 aliphatic carbocycles. The molecule has 1 aromatic heterocycles. The summed E-state index contributed by atoms with van der Waals surface area (Å²) in [7, 11) is 0. The molecule has 0 bridgehead atoms. The molecule has 3 aromatic rings. The molecule has 0 amide bonds. The van der Waals surface area contributed by atoms with Crippen LogP contribution < -0.4 is 0 Å². The quantitative estimate of drug-likeness (QED) is 0.619. The summed E-state index contributed by atoms with van der Waals surface area (Å²) in [5, 5.41) is 2.24. The molecule has 0 fully saturated rings. The number of hydrogen-bond donors (Lipinski definition) is 0. The Morgan fingerprint density at radius 3 is 2.65 bits per heavy atom. The van der Waals surface area contributed by atoms with Gasteiger partial charge in [0, 0.05) is 33.4 Å². The van der Waals surface area contributed by atoms with Crippen molar-refractivity contribution in [1.82, 2.24) is 4.98 Å². The van der Waals surface area contributed by atoms with E-state index < -0.39 is 0 Å². The SMILES string of the molecule is O=C(c1cccc(Br)c1Cl)c1cccc2ccncc12. The fourth-order valence-corrected chi connectivity index (χ4v) is 2.71. The Bertz CT molecular complexity index is 811. The number of fused-ring (bicyclic) bond motifs is 1. The summed E-state index contributed by atoms with van der Waals surface area (Å²) in [6.07, 6.45) is 3.41. The number of nitrogens with zero attached hydrogens (tertiary/aromatic N) is 1.